The molecule has 0 aliphatic rings. The van der Waals surface area contributed by atoms with Crippen LogP contribution in [-0.2, 0) is 4.74 Å². The van der Waals surface area contributed by atoms with E-state index in [1.807, 2.05) is 0 Å². The first-order valence-electron chi connectivity index (χ1n) is 4.58. The minimum atomic E-state index is -0.742. The number of pyridine rings is 1. The summed E-state index contributed by atoms with van der Waals surface area (Å²) in [6.07, 6.45) is 2.99. The predicted octanol–water partition coefficient (Wildman–Crippen LogP) is 1.85. The lowest BCUT2D eigenvalue weighted by molar-refractivity contribution is 0.0600. The van der Waals surface area contributed by atoms with E-state index in [9.17, 15) is 9.18 Å². The van der Waals surface area contributed by atoms with Gasteiger partial charge in [0.25, 0.3) is 0 Å². The number of carbonyl (C=O) groups excluding carboxylic acids is 1. The Morgan fingerprint density at radius 3 is 2.94 bits per heavy atom. The summed E-state index contributed by atoms with van der Waals surface area (Å²) in [6.45, 7) is 0. The van der Waals surface area contributed by atoms with Crippen molar-refractivity contribution >= 4 is 17.6 Å². The summed E-state index contributed by atoms with van der Waals surface area (Å²) in [6, 6.07) is 2.58. The van der Waals surface area contributed by atoms with E-state index in [1.165, 1.54) is 24.2 Å². The van der Waals surface area contributed by atoms with E-state index in [2.05, 4.69) is 14.8 Å². The highest BCUT2D eigenvalue weighted by atomic mass is 35.5. The van der Waals surface area contributed by atoms with Crippen LogP contribution >= 0.6 is 11.6 Å². The van der Waals surface area contributed by atoms with Crippen LogP contribution in [0.2, 0.25) is 5.15 Å². The Labute approximate surface area is 101 Å². The number of hydrogen-bond donors (Lipinski definition) is 0. The summed E-state index contributed by atoms with van der Waals surface area (Å²) < 4.78 is 19.4. The van der Waals surface area contributed by atoms with Crippen LogP contribution in [0, 0.1) is 5.82 Å². The van der Waals surface area contributed by atoms with Gasteiger partial charge in [-0.3, -0.25) is 0 Å². The van der Waals surface area contributed by atoms with Crippen LogP contribution < -0.4 is 0 Å². The van der Waals surface area contributed by atoms with E-state index in [1.54, 1.807) is 6.07 Å². The van der Waals surface area contributed by atoms with Crippen molar-refractivity contribution in [3.8, 4) is 5.82 Å². The number of aromatic nitrogens is 3. The molecule has 0 amide bonds. The SMILES string of the molecule is COC(=O)c1cc(F)c(-n2cccn2)nc1Cl. The number of nitrogens with zero attached hydrogens (tertiary/aromatic N) is 3. The normalized spacial score (nSPS) is 10.3. The Bertz CT molecular complexity index is 557. The van der Waals surface area contributed by atoms with Gasteiger partial charge in [0.05, 0.1) is 7.11 Å². The Balaban J connectivity index is 2.53. The van der Waals surface area contributed by atoms with E-state index < -0.39 is 11.8 Å². The third-order valence-electron chi connectivity index (χ3n) is 2.04. The monoisotopic (exact) mass is 255 g/mol. The molecule has 0 saturated carbocycles. The summed E-state index contributed by atoms with van der Waals surface area (Å²) in [5, 5.41) is 3.69. The van der Waals surface area contributed by atoms with Crippen LogP contribution in [-0.4, -0.2) is 27.8 Å². The smallest absolute Gasteiger partial charge is 0.341 e. The van der Waals surface area contributed by atoms with Crippen molar-refractivity contribution in [1.29, 1.82) is 0 Å². The highest BCUT2D eigenvalue weighted by Crippen LogP contribution is 2.19. The number of carbonyl (C=O) groups is 1. The van der Waals surface area contributed by atoms with Crippen LogP contribution in [0.3, 0.4) is 0 Å². The standard InChI is InChI=1S/C10H7ClFN3O2/c1-17-10(16)6-5-7(12)9(14-8(6)11)15-4-2-3-13-15/h2-5H,1H3. The van der Waals surface area contributed by atoms with Crippen LogP contribution in [0.1, 0.15) is 10.4 Å². The van der Waals surface area contributed by atoms with Gasteiger partial charge in [0.2, 0.25) is 0 Å². The second-order valence-electron chi connectivity index (χ2n) is 3.07. The topological polar surface area (TPSA) is 57.0 Å². The van der Waals surface area contributed by atoms with E-state index in [0.717, 1.165) is 6.07 Å². The maximum Gasteiger partial charge on any atom is 0.341 e. The lowest BCUT2D eigenvalue weighted by Gasteiger charge is -2.06. The first-order chi connectivity index (χ1) is 8.13. The van der Waals surface area contributed by atoms with E-state index in [0.29, 0.717) is 0 Å². The molecule has 5 nitrogen and oxygen atoms in total. The third-order valence-corrected chi connectivity index (χ3v) is 2.33. The molecule has 0 aliphatic heterocycles. The van der Waals surface area contributed by atoms with Crippen LogP contribution in [0.25, 0.3) is 5.82 Å². The zero-order valence-electron chi connectivity index (χ0n) is 8.72. The minimum Gasteiger partial charge on any atom is -0.465 e. The molecule has 2 rings (SSSR count). The number of esters is 1. The van der Waals surface area contributed by atoms with Crippen molar-refractivity contribution in [3.63, 3.8) is 0 Å². The zero-order chi connectivity index (χ0) is 12.4. The molecule has 17 heavy (non-hydrogen) atoms. The largest absolute Gasteiger partial charge is 0.465 e. The number of rotatable bonds is 2. The van der Waals surface area contributed by atoms with Crippen molar-refractivity contribution in [1.82, 2.24) is 14.8 Å². The van der Waals surface area contributed by atoms with Crippen molar-refractivity contribution in [2.24, 2.45) is 0 Å². The first kappa shape index (κ1) is 11.5. The average Bonchev–Trinajstić information content (AvgIpc) is 2.84. The Kier molecular flexibility index (Phi) is 3.06. The fourth-order valence-corrected chi connectivity index (χ4v) is 1.48. The van der Waals surface area contributed by atoms with Gasteiger partial charge in [-0.15, -0.1) is 0 Å². The van der Waals surface area contributed by atoms with Crippen molar-refractivity contribution in [3.05, 3.63) is 41.1 Å². The zero-order valence-corrected chi connectivity index (χ0v) is 9.48. The van der Waals surface area contributed by atoms with Crippen LogP contribution in [0.15, 0.2) is 24.5 Å². The second-order valence-corrected chi connectivity index (χ2v) is 3.43. The molecule has 0 fully saturated rings. The lowest BCUT2D eigenvalue weighted by atomic mass is 10.3. The Morgan fingerprint density at radius 1 is 1.59 bits per heavy atom. The molecule has 0 atom stereocenters. The summed E-state index contributed by atoms with van der Waals surface area (Å²) in [7, 11) is 1.18. The minimum absolute atomic E-state index is 0.0762. The maximum absolute atomic E-state index is 13.7. The molecule has 2 aromatic heterocycles. The van der Waals surface area contributed by atoms with Gasteiger partial charge < -0.3 is 4.74 Å². The van der Waals surface area contributed by atoms with Gasteiger partial charge in [0.15, 0.2) is 11.6 Å². The molecule has 0 aliphatic carbocycles. The highest BCUT2D eigenvalue weighted by Gasteiger charge is 2.17. The Morgan fingerprint density at radius 2 is 2.35 bits per heavy atom. The number of halogens is 2. The molecular formula is C10H7ClFN3O2. The molecule has 2 aromatic rings. The molecule has 2 heterocycles. The van der Waals surface area contributed by atoms with Gasteiger partial charge in [-0.25, -0.2) is 18.9 Å². The lowest BCUT2D eigenvalue weighted by Crippen LogP contribution is -2.08. The fraction of sp³-hybridized carbons (Fsp3) is 0.100. The average molecular weight is 256 g/mol. The molecule has 7 heteroatoms. The molecule has 0 bridgehead atoms. The van der Waals surface area contributed by atoms with Gasteiger partial charge in [0.1, 0.15) is 10.7 Å². The van der Waals surface area contributed by atoms with Crippen LogP contribution in [0.4, 0.5) is 4.39 Å². The number of methoxy groups -OCH3 is 1. The Hall–Kier alpha value is -1.95. The van der Waals surface area contributed by atoms with Crippen molar-refractivity contribution < 1.29 is 13.9 Å². The fourth-order valence-electron chi connectivity index (χ4n) is 1.27. The second kappa shape index (κ2) is 4.50. The van der Waals surface area contributed by atoms with E-state index in [-0.39, 0.29) is 16.5 Å². The van der Waals surface area contributed by atoms with E-state index in [4.69, 9.17) is 11.6 Å². The van der Waals surface area contributed by atoms with Crippen molar-refractivity contribution in [2.75, 3.05) is 7.11 Å². The molecule has 0 unspecified atom stereocenters. The quantitative estimate of drug-likeness (QED) is 0.607. The summed E-state index contributed by atoms with van der Waals surface area (Å²) in [5.41, 5.74) is -0.123. The third kappa shape index (κ3) is 2.12. The molecule has 88 valence electrons. The van der Waals surface area contributed by atoms with Gasteiger partial charge in [-0.05, 0) is 12.1 Å². The summed E-state index contributed by atoms with van der Waals surface area (Å²) in [5.74, 6) is -1.53. The summed E-state index contributed by atoms with van der Waals surface area (Å²) in [4.78, 5) is 15.0. The first-order valence-corrected chi connectivity index (χ1v) is 4.95. The van der Waals surface area contributed by atoms with Gasteiger partial charge in [-0.2, -0.15) is 5.10 Å². The van der Waals surface area contributed by atoms with Crippen LogP contribution in [0.5, 0.6) is 0 Å². The molecule has 0 aromatic carbocycles. The molecule has 0 radical (unpaired) electrons. The molecule has 0 spiro atoms. The predicted molar refractivity (Wildman–Crippen MR) is 57.7 cm³/mol. The van der Waals surface area contributed by atoms with Gasteiger partial charge in [-0.1, -0.05) is 11.6 Å². The highest BCUT2D eigenvalue weighted by molar-refractivity contribution is 6.32. The molecule has 0 N–H and O–H groups in total. The molecular weight excluding hydrogens is 249 g/mol. The summed E-state index contributed by atoms with van der Waals surface area (Å²) >= 11 is 5.77. The van der Waals surface area contributed by atoms with Crippen molar-refractivity contribution in [2.45, 2.75) is 0 Å². The molecule has 0 saturated heterocycles. The van der Waals surface area contributed by atoms with Gasteiger partial charge >= 0.3 is 5.97 Å². The van der Waals surface area contributed by atoms with E-state index >= 15 is 0 Å². The van der Waals surface area contributed by atoms with Gasteiger partial charge in [0, 0.05) is 12.4 Å². The number of ether oxygens (including phenoxy) is 1. The maximum atomic E-state index is 13.7. The number of hydrogen-bond acceptors (Lipinski definition) is 4.